The van der Waals surface area contributed by atoms with E-state index in [0.717, 1.165) is 14.5 Å². The van der Waals surface area contributed by atoms with E-state index in [4.69, 9.17) is 4.74 Å². The maximum Gasteiger partial charge on any atom is 0.257 e. The number of Topliss-reactive ketones (excluding diaryl/α,β-unsaturated/α-hetero) is 1. The largest absolute Gasteiger partial charge is 0.495 e. The van der Waals surface area contributed by atoms with Crippen LogP contribution in [0.1, 0.15) is 17.3 Å². The molecule has 0 atom stereocenters. The van der Waals surface area contributed by atoms with Gasteiger partial charge in [0.1, 0.15) is 17.1 Å². The van der Waals surface area contributed by atoms with Gasteiger partial charge in [0.05, 0.1) is 19.2 Å². The van der Waals surface area contributed by atoms with E-state index in [-0.39, 0.29) is 18.2 Å². The normalized spacial score (nSPS) is 10.3. The molecule has 1 heterocycles. The van der Waals surface area contributed by atoms with Crippen LogP contribution in [0.3, 0.4) is 0 Å². The van der Waals surface area contributed by atoms with Gasteiger partial charge < -0.3 is 10.1 Å². The molecule has 1 amide bonds. The number of ether oxygens (including phenoxy) is 1. The Morgan fingerprint density at radius 1 is 1.40 bits per heavy atom. The first-order chi connectivity index (χ1) is 9.52. The van der Waals surface area contributed by atoms with Crippen molar-refractivity contribution >= 4 is 45.2 Å². The second-order valence-corrected chi connectivity index (χ2v) is 5.50. The summed E-state index contributed by atoms with van der Waals surface area (Å²) in [6.07, 6.45) is 1.46. The summed E-state index contributed by atoms with van der Waals surface area (Å²) in [6.45, 7) is 1.41. The van der Waals surface area contributed by atoms with Gasteiger partial charge in [-0.25, -0.2) is 0 Å². The van der Waals surface area contributed by atoms with Gasteiger partial charge in [0.2, 0.25) is 0 Å². The fourth-order valence-electron chi connectivity index (χ4n) is 1.82. The monoisotopic (exact) mass is 384 g/mol. The Balaban J connectivity index is 2.48. The van der Waals surface area contributed by atoms with E-state index in [1.54, 1.807) is 0 Å². The molecule has 20 heavy (non-hydrogen) atoms. The van der Waals surface area contributed by atoms with Gasteiger partial charge in [0, 0.05) is 15.2 Å². The number of fused-ring (bicyclic) bond motifs is 1. The molecule has 0 saturated carbocycles. The van der Waals surface area contributed by atoms with Gasteiger partial charge in [0.25, 0.3) is 5.91 Å². The molecule has 1 N–H and O–H groups in total. The molecule has 0 aliphatic rings. The van der Waals surface area contributed by atoms with Gasteiger partial charge in [-0.1, -0.05) is 0 Å². The number of halogens is 1. The van der Waals surface area contributed by atoms with E-state index < -0.39 is 0 Å². The summed E-state index contributed by atoms with van der Waals surface area (Å²) in [5.74, 6) is -0.0134. The second-order valence-electron chi connectivity index (χ2n) is 4.25. The van der Waals surface area contributed by atoms with Gasteiger partial charge in [-0.2, -0.15) is 0 Å². The average molecular weight is 384 g/mol. The lowest BCUT2D eigenvalue weighted by atomic mass is 10.1. The van der Waals surface area contributed by atoms with Crippen LogP contribution >= 0.6 is 22.6 Å². The number of ketones is 1. The van der Waals surface area contributed by atoms with Crippen LogP contribution < -0.4 is 10.1 Å². The highest BCUT2D eigenvalue weighted by Gasteiger charge is 2.16. The summed E-state index contributed by atoms with van der Waals surface area (Å²) in [5, 5.41) is 3.32. The van der Waals surface area contributed by atoms with Crippen molar-refractivity contribution in [2.45, 2.75) is 6.92 Å². The number of methoxy groups -OCH3 is 1. The Kier molecular flexibility index (Phi) is 4.53. The van der Waals surface area contributed by atoms with Crippen molar-refractivity contribution in [2.24, 2.45) is 0 Å². The van der Waals surface area contributed by atoms with E-state index in [0.29, 0.717) is 11.3 Å². The van der Waals surface area contributed by atoms with Crippen LogP contribution in [-0.2, 0) is 4.79 Å². The lowest BCUT2D eigenvalue weighted by molar-refractivity contribution is -0.116. The Labute approximate surface area is 129 Å². The zero-order chi connectivity index (χ0) is 14.7. The van der Waals surface area contributed by atoms with Gasteiger partial charge in [-0.05, 0) is 47.7 Å². The third-order valence-electron chi connectivity index (χ3n) is 2.73. The van der Waals surface area contributed by atoms with Gasteiger partial charge in [0.15, 0.2) is 0 Å². The summed E-state index contributed by atoms with van der Waals surface area (Å²) in [5.41, 5.74) is 1.08. The van der Waals surface area contributed by atoms with Crippen molar-refractivity contribution in [3.8, 4) is 5.75 Å². The molecule has 0 spiro atoms. The Morgan fingerprint density at radius 3 is 2.80 bits per heavy atom. The molecule has 104 valence electrons. The third kappa shape index (κ3) is 3.06. The highest BCUT2D eigenvalue weighted by atomic mass is 127. The standard InChI is InChI=1S/C14H13IN2O3/c1-8(18)6-17-14(19)11-7-16-12-4-3-9(15)5-10(12)13(11)20-2/h3-5,7H,6H2,1-2H3,(H,17,19). The number of amides is 1. The van der Waals surface area contributed by atoms with Gasteiger partial charge in [-0.3, -0.25) is 14.6 Å². The summed E-state index contributed by atoms with van der Waals surface area (Å²) in [4.78, 5) is 27.3. The summed E-state index contributed by atoms with van der Waals surface area (Å²) < 4.78 is 6.38. The van der Waals surface area contributed by atoms with Crippen LogP contribution in [0.4, 0.5) is 0 Å². The minimum Gasteiger partial charge on any atom is -0.495 e. The number of nitrogens with zero attached hydrogens (tertiary/aromatic N) is 1. The minimum absolute atomic E-state index is 0.00759. The first-order valence-electron chi connectivity index (χ1n) is 5.93. The van der Waals surface area contributed by atoms with Crippen molar-refractivity contribution < 1.29 is 14.3 Å². The molecule has 0 unspecified atom stereocenters. The number of carbonyl (C=O) groups is 2. The molecule has 0 fully saturated rings. The molecule has 2 rings (SSSR count). The number of pyridine rings is 1. The highest BCUT2D eigenvalue weighted by molar-refractivity contribution is 14.1. The summed E-state index contributed by atoms with van der Waals surface area (Å²) in [6, 6.07) is 5.71. The fraction of sp³-hybridized carbons (Fsp3) is 0.214. The van der Waals surface area contributed by atoms with Crippen LogP contribution in [0.5, 0.6) is 5.75 Å². The summed E-state index contributed by atoms with van der Waals surface area (Å²) >= 11 is 2.19. The van der Waals surface area contributed by atoms with Crippen LogP contribution in [0, 0.1) is 3.57 Å². The lowest BCUT2D eigenvalue weighted by Gasteiger charge is -2.11. The highest BCUT2D eigenvalue weighted by Crippen LogP contribution is 2.29. The van der Waals surface area contributed by atoms with E-state index in [2.05, 4.69) is 32.9 Å². The van der Waals surface area contributed by atoms with Crippen molar-refractivity contribution in [3.63, 3.8) is 0 Å². The van der Waals surface area contributed by atoms with E-state index in [9.17, 15) is 9.59 Å². The minimum atomic E-state index is -0.370. The molecule has 0 radical (unpaired) electrons. The zero-order valence-electron chi connectivity index (χ0n) is 11.1. The molecule has 0 saturated heterocycles. The van der Waals surface area contributed by atoms with Crippen molar-refractivity contribution in [1.29, 1.82) is 0 Å². The maximum absolute atomic E-state index is 12.1. The van der Waals surface area contributed by atoms with Crippen LogP contribution in [-0.4, -0.2) is 30.3 Å². The van der Waals surface area contributed by atoms with E-state index in [1.165, 1.54) is 20.2 Å². The van der Waals surface area contributed by atoms with Gasteiger partial charge in [-0.15, -0.1) is 0 Å². The molecule has 5 nitrogen and oxygen atoms in total. The van der Waals surface area contributed by atoms with Crippen molar-refractivity contribution in [2.75, 3.05) is 13.7 Å². The molecular formula is C14H13IN2O3. The molecule has 1 aromatic carbocycles. The molecule has 0 aliphatic carbocycles. The first-order valence-corrected chi connectivity index (χ1v) is 7.00. The van der Waals surface area contributed by atoms with E-state index >= 15 is 0 Å². The lowest BCUT2D eigenvalue weighted by Crippen LogP contribution is -2.28. The molecule has 0 aliphatic heterocycles. The van der Waals surface area contributed by atoms with Crippen LogP contribution in [0.25, 0.3) is 10.9 Å². The van der Waals surface area contributed by atoms with Crippen LogP contribution in [0.15, 0.2) is 24.4 Å². The predicted octanol–water partition coefficient (Wildman–Crippen LogP) is 2.17. The maximum atomic E-state index is 12.1. The number of benzene rings is 1. The number of hydrogen-bond donors (Lipinski definition) is 1. The molecule has 6 heteroatoms. The SMILES string of the molecule is COc1c(C(=O)NCC(C)=O)cnc2ccc(I)cc12. The number of nitrogens with one attached hydrogen (secondary N) is 1. The Morgan fingerprint density at radius 2 is 2.15 bits per heavy atom. The van der Waals surface area contributed by atoms with E-state index in [1.807, 2.05) is 18.2 Å². The molecule has 0 bridgehead atoms. The Bertz CT molecular complexity index is 685. The second kappa shape index (κ2) is 6.17. The molecule has 2 aromatic rings. The molecular weight excluding hydrogens is 371 g/mol. The van der Waals surface area contributed by atoms with Crippen molar-refractivity contribution in [1.82, 2.24) is 10.3 Å². The number of aromatic nitrogens is 1. The Hall–Kier alpha value is -1.70. The predicted molar refractivity (Wildman–Crippen MR) is 84.0 cm³/mol. The zero-order valence-corrected chi connectivity index (χ0v) is 13.2. The fourth-order valence-corrected chi connectivity index (χ4v) is 2.31. The number of rotatable bonds is 4. The summed E-state index contributed by atoms with van der Waals surface area (Å²) in [7, 11) is 1.51. The quantitative estimate of drug-likeness (QED) is 0.821. The first kappa shape index (κ1) is 14.7. The third-order valence-corrected chi connectivity index (χ3v) is 3.40. The average Bonchev–Trinajstić information content (AvgIpc) is 2.43. The topological polar surface area (TPSA) is 68.3 Å². The van der Waals surface area contributed by atoms with Crippen LogP contribution in [0.2, 0.25) is 0 Å². The molecule has 1 aromatic heterocycles. The van der Waals surface area contributed by atoms with Crippen molar-refractivity contribution in [3.05, 3.63) is 33.5 Å². The number of carbonyl (C=O) groups excluding carboxylic acids is 2. The van der Waals surface area contributed by atoms with Gasteiger partial charge >= 0.3 is 0 Å². The number of hydrogen-bond acceptors (Lipinski definition) is 4. The smallest absolute Gasteiger partial charge is 0.257 e.